The maximum Gasteiger partial charge on any atom is 0.193 e. The molecular formula is C28H26N4O2. The summed E-state index contributed by atoms with van der Waals surface area (Å²) in [6, 6.07) is 12.2. The van der Waals surface area contributed by atoms with E-state index in [9.17, 15) is 10.1 Å². The molecule has 0 amide bonds. The number of hydrogen-bond acceptors (Lipinski definition) is 5. The van der Waals surface area contributed by atoms with Crippen molar-refractivity contribution in [3.05, 3.63) is 76.1 Å². The SMILES string of the molecule is Cn1cc(-c2cc3c(cc2N2CCOCC2)C(C)(C)C2=C(C3=O)c3ccc(C#N)cc3C2)cn1. The van der Waals surface area contributed by atoms with E-state index in [1.807, 2.05) is 37.6 Å². The zero-order valence-corrected chi connectivity index (χ0v) is 19.7. The van der Waals surface area contributed by atoms with Crippen LogP contribution in [0.5, 0.6) is 0 Å². The Labute approximate surface area is 199 Å². The molecule has 1 fully saturated rings. The van der Waals surface area contributed by atoms with E-state index in [2.05, 4.69) is 42.0 Å². The molecular weight excluding hydrogens is 424 g/mol. The lowest BCUT2D eigenvalue weighted by atomic mass is 9.68. The molecule has 1 saturated heterocycles. The minimum Gasteiger partial charge on any atom is -0.378 e. The van der Waals surface area contributed by atoms with Gasteiger partial charge in [0.05, 0.1) is 31.0 Å². The van der Waals surface area contributed by atoms with E-state index in [1.165, 1.54) is 0 Å². The van der Waals surface area contributed by atoms with Crippen molar-refractivity contribution in [3.8, 4) is 17.2 Å². The first kappa shape index (κ1) is 20.9. The summed E-state index contributed by atoms with van der Waals surface area (Å²) in [6.07, 6.45) is 4.57. The number of morpholine rings is 1. The highest BCUT2D eigenvalue weighted by atomic mass is 16.5. The first-order chi connectivity index (χ1) is 16.4. The zero-order chi connectivity index (χ0) is 23.6. The summed E-state index contributed by atoms with van der Waals surface area (Å²) in [4.78, 5) is 16.4. The molecule has 3 aliphatic rings. The van der Waals surface area contributed by atoms with Crippen molar-refractivity contribution in [1.29, 1.82) is 5.26 Å². The van der Waals surface area contributed by atoms with E-state index in [1.54, 1.807) is 4.68 Å². The Morgan fingerprint density at radius 3 is 2.59 bits per heavy atom. The van der Waals surface area contributed by atoms with Gasteiger partial charge in [-0.05, 0) is 52.9 Å². The Bertz CT molecular complexity index is 1430. The summed E-state index contributed by atoms with van der Waals surface area (Å²) in [7, 11) is 1.91. The quantitative estimate of drug-likeness (QED) is 0.583. The third kappa shape index (κ3) is 2.97. The van der Waals surface area contributed by atoms with E-state index < -0.39 is 0 Å². The Kier molecular flexibility index (Phi) is 4.55. The van der Waals surface area contributed by atoms with E-state index in [-0.39, 0.29) is 11.2 Å². The van der Waals surface area contributed by atoms with Gasteiger partial charge in [-0.1, -0.05) is 19.9 Å². The first-order valence-corrected chi connectivity index (χ1v) is 11.7. The predicted molar refractivity (Wildman–Crippen MR) is 131 cm³/mol. The van der Waals surface area contributed by atoms with Gasteiger partial charge >= 0.3 is 0 Å². The molecule has 0 spiro atoms. The number of Topliss-reactive ketones (excluding diaryl/α,β-unsaturated/α-hetero) is 1. The van der Waals surface area contributed by atoms with Crippen LogP contribution in [0.25, 0.3) is 16.7 Å². The number of carbonyl (C=O) groups is 1. The summed E-state index contributed by atoms with van der Waals surface area (Å²) in [5.74, 6) is 0.0754. The number of hydrogen-bond donors (Lipinski definition) is 0. The minimum atomic E-state index is -0.307. The van der Waals surface area contributed by atoms with Gasteiger partial charge < -0.3 is 9.64 Å². The van der Waals surface area contributed by atoms with Crippen molar-refractivity contribution in [3.63, 3.8) is 0 Å². The van der Waals surface area contributed by atoms with Gasteiger partial charge in [0.1, 0.15) is 0 Å². The first-order valence-electron chi connectivity index (χ1n) is 11.7. The molecule has 2 aliphatic carbocycles. The largest absolute Gasteiger partial charge is 0.378 e. The molecule has 6 heteroatoms. The van der Waals surface area contributed by atoms with Gasteiger partial charge in [0.2, 0.25) is 0 Å². The molecule has 170 valence electrons. The highest BCUT2D eigenvalue weighted by molar-refractivity contribution is 6.33. The van der Waals surface area contributed by atoms with Crippen LogP contribution in [0.3, 0.4) is 0 Å². The maximum absolute atomic E-state index is 14.0. The number of carbonyl (C=O) groups excluding carboxylic acids is 1. The molecule has 34 heavy (non-hydrogen) atoms. The van der Waals surface area contributed by atoms with E-state index in [4.69, 9.17) is 4.74 Å². The highest BCUT2D eigenvalue weighted by Gasteiger charge is 2.43. The lowest BCUT2D eigenvalue weighted by Gasteiger charge is -2.37. The lowest BCUT2D eigenvalue weighted by Crippen LogP contribution is -2.37. The van der Waals surface area contributed by atoms with E-state index in [0.717, 1.165) is 63.3 Å². The number of aromatic nitrogens is 2. The van der Waals surface area contributed by atoms with Crippen LogP contribution in [0.4, 0.5) is 5.69 Å². The van der Waals surface area contributed by atoms with E-state index in [0.29, 0.717) is 25.2 Å². The third-order valence-corrected chi connectivity index (χ3v) is 7.58. The maximum atomic E-state index is 14.0. The molecule has 2 aromatic carbocycles. The standard InChI is InChI=1S/C28H26N4O2/c1-28(2)23-13-25(32-6-8-34-9-7-32)21(19-15-30-31(3)16-19)12-22(23)27(33)26-20-5-4-17(14-29)10-18(20)11-24(26)28/h4-5,10,12-13,15-16H,6-9,11H2,1-3H3. The van der Waals surface area contributed by atoms with Crippen molar-refractivity contribution >= 4 is 17.0 Å². The Hall–Kier alpha value is -3.69. The van der Waals surface area contributed by atoms with Crippen molar-refractivity contribution in [2.24, 2.45) is 7.05 Å². The summed E-state index contributed by atoms with van der Waals surface area (Å²) in [6.45, 7) is 7.46. The number of benzene rings is 2. The van der Waals surface area contributed by atoms with Crippen LogP contribution < -0.4 is 4.90 Å². The van der Waals surface area contributed by atoms with Gasteiger partial charge in [0, 0.05) is 59.7 Å². The molecule has 0 radical (unpaired) electrons. The Morgan fingerprint density at radius 1 is 1.09 bits per heavy atom. The third-order valence-electron chi connectivity index (χ3n) is 7.58. The van der Waals surface area contributed by atoms with Crippen molar-refractivity contribution in [1.82, 2.24) is 9.78 Å². The highest BCUT2D eigenvalue weighted by Crippen LogP contribution is 2.51. The summed E-state index contributed by atoms with van der Waals surface area (Å²) < 4.78 is 7.41. The number of nitriles is 1. The monoisotopic (exact) mass is 450 g/mol. The smallest absolute Gasteiger partial charge is 0.193 e. The number of allylic oxidation sites excluding steroid dienone is 2. The van der Waals surface area contributed by atoms with Gasteiger partial charge in [-0.3, -0.25) is 9.48 Å². The number of aryl methyl sites for hydroxylation is 1. The summed E-state index contributed by atoms with van der Waals surface area (Å²) in [5.41, 5.74) is 9.32. The topological polar surface area (TPSA) is 71.2 Å². The molecule has 0 N–H and O–H groups in total. The molecule has 0 saturated carbocycles. The van der Waals surface area contributed by atoms with Crippen LogP contribution in [0.15, 0.2) is 48.3 Å². The van der Waals surface area contributed by atoms with Crippen molar-refractivity contribution in [2.75, 3.05) is 31.2 Å². The van der Waals surface area contributed by atoms with Crippen molar-refractivity contribution < 1.29 is 9.53 Å². The average Bonchev–Trinajstić information content (AvgIpc) is 3.46. The number of rotatable bonds is 2. The second-order valence-electron chi connectivity index (χ2n) is 9.89. The number of ether oxygens (including phenoxy) is 1. The molecule has 3 aromatic rings. The number of fused-ring (bicyclic) bond motifs is 3. The van der Waals surface area contributed by atoms with Crippen LogP contribution in [-0.2, 0) is 23.6 Å². The zero-order valence-electron chi connectivity index (χ0n) is 19.7. The van der Waals surface area contributed by atoms with Crippen LogP contribution in [-0.4, -0.2) is 41.9 Å². The average molecular weight is 451 g/mol. The Balaban J connectivity index is 1.56. The molecule has 6 rings (SSSR count). The van der Waals surface area contributed by atoms with Crippen LogP contribution in [0, 0.1) is 11.3 Å². The number of nitrogens with zero attached hydrogens (tertiary/aromatic N) is 4. The lowest BCUT2D eigenvalue weighted by molar-refractivity contribution is 0.105. The van der Waals surface area contributed by atoms with Crippen LogP contribution in [0.1, 0.15) is 46.5 Å². The van der Waals surface area contributed by atoms with Gasteiger partial charge in [-0.15, -0.1) is 0 Å². The fourth-order valence-corrected chi connectivity index (χ4v) is 5.74. The van der Waals surface area contributed by atoms with Gasteiger partial charge in [0.25, 0.3) is 0 Å². The fraction of sp³-hybridized carbons (Fsp3) is 0.321. The molecule has 6 nitrogen and oxygen atoms in total. The van der Waals surface area contributed by atoms with Crippen LogP contribution in [0.2, 0.25) is 0 Å². The Morgan fingerprint density at radius 2 is 1.88 bits per heavy atom. The van der Waals surface area contributed by atoms with E-state index >= 15 is 0 Å². The number of ketones is 1. The van der Waals surface area contributed by atoms with Gasteiger partial charge in [0.15, 0.2) is 5.78 Å². The van der Waals surface area contributed by atoms with Gasteiger partial charge in [-0.25, -0.2) is 0 Å². The predicted octanol–water partition coefficient (Wildman–Crippen LogP) is 4.28. The second kappa shape index (κ2) is 7.41. The minimum absolute atomic E-state index is 0.0754. The molecule has 1 aromatic heterocycles. The molecule has 0 atom stereocenters. The fourth-order valence-electron chi connectivity index (χ4n) is 5.74. The number of anilines is 1. The van der Waals surface area contributed by atoms with Gasteiger partial charge in [-0.2, -0.15) is 10.4 Å². The molecule has 0 unspecified atom stereocenters. The molecule has 2 heterocycles. The molecule has 0 bridgehead atoms. The molecule has 1 aliphatic heterocycles. The summed E-state index contributed by atoms with van der Waals surface area (Å²) in [5, 5.41) is 13.8. The second-order valence-corrected chi connectivity index (χ2v) is 9.89. The van der Waals surface area contributed by atoms with Crippen LogP contribution >= 0.6 is 0 Å². The normalized spacial score (nSPS) is 18.4. The van der Waals surface area contributed by atoms with Crippen molar-refractivity contribution in [2.45, 2.75) is 25.7 Å². The summed E-state index contributed by atoms with van der Waals surface area (Å²) >= 11 is 0.